The molecular formula is C54H59BrFN13O8S. The molecule has 2 saturated heterocycles. The number of ether oxygens (including phenoxy) is 4. The largest absolute Gasteiger partial charge is 0.457 e. The summed E-state index contributed by atoms with van der Waals surface area (Å²) < 4.78 is 68.3. The van der Waals surface area contributed by atoms with Gasteiger partial charge in [-0.2, -0.15) is 10.1 Å². The number of anilines is 5. The number of nitrogens with two attached hydrogens (primary N) is 2. The third-order valence-corrected chi connectivity index (χ3v) is 15.1. The van der Waals surface area contributed by atoms with Crippen LogP contribution < -0.4 is 31.6 Å². The number of nitrogens with one attached hydrogen (secondary N) is 3. The van der Waals surface area contributed by atoms with Crippen molar-refractivity contribution in [3.63, 3.8) is 0 Å². The second kappa shape index (κ2) is 26.3. The number of primary amides is 1. The number of amides is 2. The van der Waals surface area contributed by atoms with Crippen LogP contribution in [0.1, 0.15) is 42.1 Å². The van der Waals surface area contributed by atoms with E-state index in [2.05, 4.69) is 56.1 Å². The normalized spacial score (nSPS) is 15.5. The maximum absolute atomic E-state index is 14.3. The number of halogens is 2. The molecule has 2 aliphatic heterocycles. The van der Waals surface area contributed by atoms with Crippen molar-refractivity contribution in [2.45, 2.75) is 42.7 Å². The second-order valence-electron chi connectivity index (χ2n) is 18.4. The Labute approximate surface area is 458 Å². The van der Waals surface area contributed by atoms with Crippen molar-refractivity contribution in [2.75, 3.05) is 88.7 Å². The van der Waals surface area contributed by atoms with E-state index < -0.39 is 21.7 Å². The van der Waals surface area contributed by atoms with Gasteiger partial charge in [0.25, 0.3) is 5.91 Å². The van der Waals surface area contributed by atoms with E-state index in [1.807, 2.05) is 70.3 Å². The first-order valence-electron chi connectivity index (χ1n) is 25.4. The fourth-order valence-electron chi connectivity index (χ4n) is 9.07. The summed E-state index contributed by atoms with van der Waals surface area (Å²) in [7, 11) is -3.82. The van der Waals surface area contributed by atoms with Crippen LogP contribution in [0.4, 0.5) is 33.3 Å². The van der Waals surface area contributed by atoms with Crippen LogP contribution in [0.2, 0.25) is 0 Å². The van der Waals surface area contributed by atoms with Crippen molar-refractivity contribution in [3.05, 3.63) is 138 Å². The Bertz CT molecular complexity index is 3320. The zero-order valence-corrected chi connectivity index (χ0v) is 44.9. The van der Waals surface area contributed by atoms with Crippen molar-refractivity contribution >= 4 is 77.8 Å². The molecule has 21 nitrogen and oxygen atoms in total. The van der Waals surface area contributed by atoms with Gasteiger partial charge in [0, 0.05) is 62.8 Å². The van der Waals surface area contributed by atoms with Gasteiger partial charge in [-0.15, -0.1) is 0 Å². The van der Waals surface area contributed by atoms with Crippen LogP contribution >= 0.6 is 15.9 Å². The highest BCUT2D eigenvalue weighted by atomic mass is 79.9. The molecular weight excluding hydrogens is 1090 g/mol. The van der Waals surface area contributed by atoms with Crippen molar-refractivity contribution in [1.82, 2.24) is 44.2 Å². The SMILES string of the molecule is NC(=O)c1c(F)cccc1Nc1nc(Nc2ccc(S(=O)(=O)NCCOCCOCCOC3CCN(C/C=C/C(=O)N4CCC[C@@H](n5nc(-c6ccc(Oc7ccccc7)cc6)c6c(N)ncnc65)C4)CC3)cc2)ncc1Br. The van der Waals surface area contributed by atoms with E-state index in [1.54, 1.807) is 18.2 Å². The van der Waals surface area contributed by atoms with Gasteiger partial charge in [0.15, 0.2) is 5.65 Å². The number of carbonyl (C=O) groups excluding carboxylic acids is 2. The lowest BCUT2D eigenvalue weighted by Gasteiger charge is -2.32. The number of rotatable bonds is 24. The lowest BCUT2D eigenvalue weighted by atomic mass is 10.1. The van der Waals surface area contributed by atoms with Gasteiger partial charge in [-0.05, 0) is 114 Å². The molecule has 24 heteroatoms. The fraction of sp³-hybridized carbons (Fsp3) is 0.315. The highest BCUT2D eigenvalue weighted by Crippen LogP contribution is 2.35. The molecule has 4 aromatic carbocycles. The zero-order chi connectivity index (χ0) is 54.4. The third-order valence-electron chi connectivity index (χ3n) is 13.0. The molecule has 7 aromatic rings. The zero-order valence-electron chi connectivity index (χ0n) is 42.5. The predicted molar refractivity (Wildman–Crippen MR) is 296 cm³/mol. The summed E-state index contributed by atoms with van der Waals surface area (Å²) in [6, 6.07) is 27.2. The molecule has 408 valence electrons. The Kier molecular flexibility index (Phi) is 18.6. The maximum atomic E-state index is 14.3. The quantitative estimate of drug-likeness (QED) is 0.0292. The number of para-hydroxylation sites is 1. The Hall–Kier alpha value is -7.45. The molecule has 0 bridgehead atoms. The number of sulfonamides is 1. The Morgan fingerprint density at radius 2 is 1.58 bits per heavy atom. The maximum Gasteiger partial charge on any atom is 0.253 e. The van der Waals surface area contributed by atoms with Gasteiger partial charge in [-0.25, -0.2) is 37.2 Å². The number of carbonyl (C=O) groups is 2. The summed E-state index contributed by atoms with van der Waals surface area (Å²) >= 11 is 3.34. The highest BCUT2D eigenvalue weighted by Gasteiger charge is 2.29. The minimum Gasteiger partial charge on any atom is -0.457 e. The van der Waals surface area contributed by atoms with Crippen LogP contribution in [-0.4, -0.2) is 138 Å². The van der Waals surface area contributed by atoms with Gasteiger partial charge >= 0.3 is 0 Å². The monoisotopic (exact) mass is 1150 g/mol. The molecule has 9 rings (SSSR count). The molecule has 0 spiro atoms. The molecule has 5 heterocycles. The van der Waals surface area contributed by atoms with Crippen LogP contribution in [0.15, 0.2) is 131 Å². The van der Waals surface area contributed by atoms with E-state index >= 15 is 0 Å². The second-order valence-corrected chi connectivity index (χ2v) is 21.0. The van der Waals surface area contributed by atoms with E-state index in [9.17, 15) is 22.4 Å². The van der Waals surface area contributed by atoms with Crippen LogP contribution in [0, 0.1) is 5.82 Å². The number of likely N-dealkylation sites (tertiary alicyclic amines) is 2. The van der Waals surface area contributed by atoms with E-state index in [0.717, 1.165) is 56.2 Å². The van der Waals surface area contributed by atoms with Crippen LogP contribution in [0.3, 0.4) is 0 Å². The standard InChI is InChI=1S/C54H59BrFN13O8S/c55-43-33-59-54(65-52(43)64-45-11-4-10-44(56)47(45)51(58)71)63-37-15-19-42(20-16-37)78(72,73)62-23-28-74-29-30-75-31-32-76-39-21-26-67(27-22-39)24-6-12-46(70)68-25-5-7-38(34-68)69-53-48(50(57)60-35-61-53)49(66-69)36-13-17-41(18-14-36)77-40-8-2-1-3-9-40/h1-4,6,8-20,33,35,38-39,62H,5,7,21-32,34H2,(H2,58,71)(H2,57,60,61)(H2,59,63,64,65)/b12-6+/t38-/m1/s1. The van der Waals surface area contributed by atoms with Gasteiger partial charge in [0.2, 0.25) is 21.9 Å². The summed E-state index contributed by atoms with van der Waals surface area (Å²) in [5, 5.41) is 11.6. The number of hydrogen-bond donors (Lipinski definition) is 5. The van der Waals surface area contributed by atoms with Crippen molar-refractivity contribution < 1.29 is 41.3 Å². The smallest absolute Gasteiger partial charge is 0.253 e. The van der Waals surface area contributed by atoms with Gasteiger partial charge in [0.1, 0.15) is 41.0 Å². The average Bonchev–Trinajstić information content (AvgIpc) is 4.07. The number of nitrogens with zero attached hydrogens (tertiary/aromatic N) is 8. The number of aromatic nitrogens is 6. The number of benzene rings is 4. The van der Waals surface area contributed by atoms with Gasteiger partial charge in [-0.1, -0.05) is 30.3 Å². The summed E-state index contributed by atoms with van der Waals surface area (Å²) in [6.07, 6.45) is 10.1. The Morgan fingerprint density at radius 1 is 0.833 bits per heavy atom. The molecule has 0 unspecified atom stereocenters. The average molecular weight is 1150 g/mol. The molecule has 2 fully saturated rings. The van der Waals surface area contributed by atoms with Crippen molar-refractivity contribution in [2.24, 2.45) is 5.73 Å². The fourth-order valence-corrected chi connectivity index (χ4v) is 10.4. The molecule has 2 aliphatic rings. The first-order chi connectivity index (χ1) is 37.9. The van der Waals surface area contributed by atoms with E-state index in [4.69, 9.17) is 35.5 Å². The van der Waals surface area contributed by atoms with Gasteiger partial charge in [-0.3, -0.25) is 14.5 Å². The van der Waals surface area contributed by atoms with Crippen molar-refractivity contribution in [1.29, 1.82) is 0 Å². The summed E-state index contributed by atoms with van der Waals surface area (Å²) in [6.45, 7) is 5.20. The van der Waals surface area contributed by atoms with Crippen molar-refractivity contribution in [3.8, 4) is 22.8 Å². The predicted octanol–water partition coefficient (Wildman–Crippen LogP) is 7.36. The minimum absolute atomic E-state index is 0.0308. The molecule has 3 aromatic heterocycles. The number of piperidine rings is 2. The molecule has 0 saturated carbocycles. The summed E-state index contributed by atoms with van der Waals surface area (Å²) in [4.78, 5) is 47.0. The molecule has 7 N–H and O–H groups in total. The lowest BCUT2D eigenvalue weighted by molar-refractivity contribution is -0.127. The van der Waals surface area contributed by atoms with Crippen LogP contribution in [0.5, 0.6) is 11.5 Å². The summed E-state index contributed by atoms with van der Waals surface area (Å²) in [5.74, 6) is 0.414. The molecule has 2 amide bonds. The Morgan fingerprint density at radius 3 is 2.35 bits per heavy atom. The first kappa shape index (κ1) is 55.3. The van der Waals surface area contributed by atoms with E-state index in [1.165, 1.54) is 36.8 Å². The number of nitrogen functional groups attached to an aromatic ring is 1. The molecule has 0 aliphatic carbocycles. The number of hydrogen-bond acceptors (Lipinski definition) is 17. The van der Waals surface area contributed by atoms with E-state index in [-0.39, 0.29) is 65.7 Å². The highest BCUT2D eigenvalue weighted by molar-refractivity contribution is 9.10. The van der Waals surface area contributed by atoms with E-state index in [0.29, 0.717) is 77.9 Å². The van der Waals surface area contributed by atoms with Gasteiger partial charge < -0.3 is 45.9 Å². The Balaban J connectivity index is 0.628. The van der Waals surface area contributed by atoms with Crippen LogP contribution in [0.25, 0.3) is 22.3 Å². The first-order valence-corrected chi connectivity index (χ1v) is 27.7. The summed E-state index contributed by atoms with van der Waals surface area (Å²) in [5.41, 5.74) is 14.3. The molecule has 78 heavy (non-hydrogen) atoms. The third kappa shape index (κ3) is 14.4. The molecule has 0 radical (unpaired) electrons. The minimum atomic E-state index is -3.82. The lowest BCUT2D eigenvalue weighted by Crippen LogP contribution is -2.40. The molecule has 1 atom stereocenters. The number of fused-ring (bicyclic) bond motifs is 1. The topological polar surface area (TPSA) is 269 Å². The van der Waals surface area contributed by atoms with Crippen LogP contribution in [-0.2, 0) is 29.0 Å². The van der Waals surface area contributed by atoms with Gasteiger partial charge in [0.05, 0.1) is 71.2 Å².